The molecule has 0 saturated carbocycles. The number of rotatable bonds is 5. The number of hydrogen-bond donors (Lipinski definition) is 1. The molecule has 2 aromatic rings. The van der Waals surface area contributed by atoms with Crippen molar-refractivity contribution in [2.24, 2.45) is 0 Å². The summed E-state index contributed by atoms with van der Waals surface area (Å²) in [5.41, 5.74) is 3.34. The van der Waals surface area contributed by atoms with Crippen LogP contribution in [-0.2, 0) is 6.54 Å². The maximum absolute atomic E-state index is 4.31. The maximum Gasteiger partial charge on any atom is 0.0768 e. The summed E-state index contributed by atoms with van der Waals surface area (Å²) in [6.45, 7) is 5.10. The van der Waals surface area contributed by atoms with E-state index in [1.165, 1.54) is 5.56 Å². The van der Waals surface area contributed by atoms with Crippen LogP contribution < -0.4 is 10.2 Å². The van der Waals surface area contributed by atoms with E-state index in [1.807, 2.05) is 37.2 Å². The summed E-state index contributed by atoms with van der Waals surface area (Å²) in [4.78, 5) is 6.26. The number of anilines is 2. The van der Waals surface area contributed by atoms with Crippen molar-refractivity contribution in [3.63, 3.8) is 0 Å². The molecule has 0 aromatic carbocycles. The molecule has 5 nitrogen and oxygen atoms in total. The topological polar surface area (TPSA) is 46.0 Å². The fourth-order valence-corrected chi connectivity index (χ4v) is 1.98. The summed E-state index contributed by atoms with van der Waals surface area (Å²) < 4.78 is 1.93. The molecule has 5 heteroatoms. The van der Waals surface area contributed by atoms with Gasteiger partial charge in [-0.3, -0.25) is 9.67 Å². The van der Waals surface area contributed by atoms with Crippen LogP contribution in [0.3, 0.4) is 0 Å². The first kappa shape index (κ1) is 13.4. The van der Waals surface area contributed by atoms with Gasteiger partial charge in [0.2, 0.25) is 0 Å². The molecule has 0 spiro atoms. The van der Waals surface area contributed by atoms with Crippen LogP contribution in [0, 0.1) is 0 Å². The molecule has 19 heavy (non-hydrogen) atoms. The number of aromatic nitrogens is 3. The Morgan fingerprint density at radius 3 is 2.79 bits per heavy atom. The second-order valence-corrected chi connectivity index (χ2v) is 4.78. The van der Waals surface area contributed by atoms with Gasteiger partial charge in [0, 0.05) is 38.6 Å². The Labute approximate surface area is 114 Å². The summed E-state index contributed by atoms with van der Waals surface area (Å²) in [5, 5.41) is 7.79. The third-order valence-corrected chi connectivity index (χ3v) is 3.13. The van der Waals surface area contributed by atoms with E-state index < -0.39 is 0 Å². The van der Waals surface area contributed by atoms with Gasteiger partial charge in [0.1, 0.15) is 0 Å². The van der Waals surface area contributed by atoms with Crippen molar-refractivity contribution < 1.29 is 0 Å². The molecular formula is C14H21N5. The highest BCUT2D eigenvalue weighted by Gasteiger charge is 2.11. The van der Waals surface area contributed by atoms with Crippen LogP contribution in [0.4, 0.5) is 11.4 Å². The largest absolute Gasteiger partial charge is 0.376 e. The molecule has 2 heterocycles. The lowest BCUT2D eigenvalue weighted by molar-refractivity contribution is 0.658. The molecule has 0 saturated heterocycles. The first-order chi connectivity index (χ1) is 9.11. The number of hydrogen-bond acceptors (Lipinski definition) is 4. The highest BCUT2D eigenvalue weighted by atomic mass is 15.3. The predicted molar refractivity (Wildman–Crippen MR) is 78.5 cm³/mol. The summed E-state index contributed by atoms with van der Waals surface area (Å²) in [5.74, 6) is 0. The fraction of sp³-hybridized carbons (Fsp3) is 0.429. The minimum Gasteiger partial charge on any atom is -0.376 e. The predicted octanol–water partition coefficient (Wildman–Crippen LogP) is 2.54. The molecule has 0 fully saturated rings. The van der Waals surface area contributed by atoms with Gasteiger partial charge in [-0.1, -0.05) is 0 Å². The van der Waals surface area contributed by atoms with Crippen LogP contribution in [0.5, 0.6) is 0 Å². The first-order valence-electron chi connectivity index (χ1n) is 6.52. The Hall–Kier alpha value is -2.04. The van der Waals surface area contributed by atoms with Crippen LogP contribution in [0.25, 0.3) is 0 Å². The SMILES string of the molecule is CCn1cc(C(C)Nc2cnccc2N(C)C)cn1. The fourth-order valence-electron chi connectivity index (χ4n) is 1.98. The van der Waals surface area contributed by atoms with E-state index >= 15 is 0 Å². The Balaban J connectivity index is 2.16. The monoisotopic (exact) mass is 259 g/mol. The third-order valence-electron chi connectivity index (χ3n) is 3.13. The molecule has 0 aliphatic heterocycles. The number of nitrogens with one attached hydrogen (secondary N) is 1. The second-order valence-electron chi connectivity index (χ2n) is 4.78. The van der Waals surface area contributed by atoms with Gasteiger partial charge in [-0.15, -0.1) is 0 Å². The zero-order valence-electron chi connectivity index (χ0n) is 12.0. The minimum absolute atomic E-state index is 0.197. The van der Waals surface area contributed by atoms with E-state index in [2.05, 4.69) is 40.3 Å². The molecule has 2 rings (SSSR count). The number of pyridine rings is 1. The molecule has 0 amide bonds. The molecule has 0 aliphatic carbocycles. The van der Waals surface area contributed by atoms with Gasteiger partial charge in [0.25, 0.3) is 0 Å². The Morgan fingerprint density at radius 2 is 2.16 bits per heavy atom. The van der Waals surface area contributed by atoms with Crippen LogP contribution in [-0.4, -0.2) is 28.9 Å². The van der Waals surface area contributed by atoms with Gasteiger partial charge in [-0.05, 0) is 19.9 Å². The highest BCUT2D eigenvalue weighted by Crippen LogP contribution is 2.26. The van der Waals surface area contributed by atoms with E-state index in [0.29, 0.717) is 0 Å². The lowest BCUT2D eigenvalue weighted by Crippen LogP contribution is -2.14. The normalized spacial score (nSPS) is 12.2. The molecule has 1 N–H and O–H groups in total. The standard InChI is InChI=1S/C14H21N5/c1-5-19-10-12(8-16-19)11(2)17-13-9-15-7-6-14(13)18(3)4/h6-11,17H,5H2,1-4H3. The number of aryl methyl sites for hydroxylation is 1. The number of nitrogens with zero attached hydrogens (tertiary/aromatic N) is 4. The van der Waals surface area contributed by atoms with Crippen molar-refractivity contribution >= 4 is 11.4 Å². The average Bonchev–Trinajstić information content (AvgIpc) is 2.88. The molecule has 1 atom stereocenters. The highest BCUT2D eigenvalue weighted by molar-refractivity contribution is 5.68. The summed E-state index contributed by atoms with van der Waals surface area (Å²) >= 11 is 0. The zero-order chi connectivity index (χ0) is 13.8. The Morgan fingerprint density at radius 1 is 1.37 bits per heavy atom. The molecule has 0 bridgehead atoms. The minimum atomic E-state index is 0.197. The van der Waals surface area contributed by atoms with E-state index in [-0.39, 0.29) is 6.04 Å². The quantitative estimate of drug-likeness (QED) is 0.896. The zero-order valence-corrected chi connectivity index (χ0v) is 12.0. The average molecular weight is 259 g/mol. The first-order valence-corrected chi connectivity index (χ1v) is 6.52. The molecule has 0 aliphatic rings. The third kappa shape index (κ3) is 3.05. The van der Waals surface area contributed by atoms with E-state index in [1.54, 1.807) is 6.20 Å². The van der Waals surface area contributed by atoms with Gasteiger partial charge in [0.05, 0.1) is 29.8 Å². The van der Waals surface area contributed by atoms with Gasteiger partial charge >= 0.3 is 0 Å². The van der Waals surface area contributed by atoms with Crippen molar-refractivity contribution in [2.45, 2.75) is 26.4 Å². The van der Waals surface area contributed by atoms with E-state index in [0.717, 1.165) is 17.9 Å². The van der Waals surface area contributed by atoms with Crippen molar-refractivity contribution in [3.05, 3.63) is 36.4 Å². The second kappa shape index (κ2) is 5.73. The maximum atomic E-state index is 4.31. The van der Waals surface area contributed by atoms with Crippen LogP contribution in [0.1, 0.15) is 25.5 Å². The molecule has 1 unspecified atom stereocenters. The van der Waals surface area contributed by atoms with Crippen LogP contribution >= 0.6 is 0 Å². The van der Waals surface area contributed by atoms with Crippen LogP contribution in [0.15, 0.2) is 30.9 Å². The molecule has 0 radical (unpaired) electrons. The van der Waals surface area contributed by atoms with E-state index in [4.69, 9.17) is 0 Å². The van der Waals surface area contributed by atoms with Gasteiger partial charge in [0.15, 0.2) is 0 Å². The Bertz CT molecular complexity index is 532. The smallest absolute Gasteiger partial charge is 0.0768 e. The van der Waals surface area contributed by atoms with Crippen LogP contribution in [0.2, 0.25) is 0 Å². The van der Waals surface area contributed by atoms with Gasteiger partial charge in [-0.2, -0.15) is 5.10 Å². The van der Waals surface area contributed by atoms with Crippen molar-refractivity contribution in [3.8, 4) is 0 Å². The molecular weight excluding hydrogens is 238 g/mol. The van der Waals surface area contributed by atoms with E-state index in [9.17, 15) is 0 Å². The summed E-state index contributed by atoms with van der Waals surface area (Å²) in [6.07, 6.45) is 7.65. The molecule has 102 valence electrons. The summed E-state index contributed by atoms with van der Waals surface area (Å²) in [6, 6.07) is 2.20. The van der Waals surface area contributed by atoms with Crippen molar-refractivity contribution in [1.82, 2.24) is 14.8 Å². The Kier molecular flexibility index (Phi) is 4.04. The van der Waals surface area contributed by atoms with Gasteiger partial charge in [-0.25, -0.2) is 0 Å². The van der Waals surface area contributed by atoms with Crippen molar-refractivity contribution in [1.29, 1.82) is 0 Å². The van der Waals surface area contributed by atoms with Crippen molar-refractivity contribution in [2.75, 3.05) is 24.3 Å². The van der Waals surface area contributed by atoms with Gasteiger partial charge < -0.3 is 10.2 Å². The lowest BCUT2D eigenvalue weighted by atomic mass is 10.2. The molecule has 2 aromatic heterocycles. The lowest BCUT2D eigenvalue weighted by Gasteiger charge is -2.20. The summed E-state index contributed by atoms with van der Waals surface area (Å²) in [7, 11) is 4.06.